The Morgan fingerprint density at radius 3 is 2.64 bits per heavy atom. The van der Waals surface area contributed by atoms with E-state index < -0.39 is 12.1 Å². The maximum absolute atomic E-state index is 12.4. The Hall–Kier alpha value is -2.48. The van der Waals surface area contributed by atoms with Gasteiger partial charge >= 0.3 is 5.97 Å². The van der Waals surface area contributed by atoms with Gasteiger partial charge in [-0.15, -0.1) is 0 Å². The van der Waals surface area contributed by atoms with Crippen LogP contribution in [0.3, 0.4) is 0 Å². The van der Waals surface area contributed by atoms with E-state index in [1.54, 1.807) is 6.92 Å². The topological polar surface area (TPSA) is 109 Å². The standard InChI is InChI=1S/C14H17N3O5/c1-8-6-17(7-11(22-8)14(20)21)13(19)9-3-4-10(16-5-9)12(18)15-2/h3-5,8,11H,6-7H2,1-2H3,(H,15,18)(H,20,21)/t8-,11?/m1/s1. The Morgan fingerprint density at radius 2 is 2.09 bits per heavy atom. The summed E-state index contributed by atoms with van der Waals surface area (Å²) >= 11 is 0. The normalized spacial score (nSPS) is 21.3. The van der Waals surface area contributed by atoms with E-state index in [0.29, 0.717) is 12.1 Å². The summed E-state index contributed by atoms with van der Waals surface area (Å²) in [5.74, 6) is -1.78. The molecule has 0 aromatic carbocycles. The first-order chi connectivity index (χ1) is 10.4. The molecule has 0 spiro atoms. The highest BCUT2D eigenvalue weighted by molar-refractivity contribution is 5.96. The van der Waals surface area contributed by atoms with Gasteiger partial charge in [-0.25, -0.2) is 4.79 Å². The molecule has 2 heterocycles. The molecular formula is C14H17N3O5. The van der Waals surface area contributed by atoms with Crippen LogP contribution in [0.5, 0.6) is 0 Å². The van der Waals surface area contributed by atoms with Crippen LogP contribution in [0, 0.1) is 0 Å². The fourth-order valence-electron chi connectivity index (χ4n) is 2.22. The molecular weight excluding hydrogens is 290 g/mol. The molecule has 2 N–H and O–H groups in total. The van der Waals surface area contributed by atoms with Crippen molar-refractivity contribution in [3.63, 3.8) is 0 Å². The molecule has 0 bridgehead atoms. The van der Waals surface area contributed by atoms with Crippen LogP contribution in [0.4, 0.5) is 0 Å². The molecule has 2 rings (SSSR count). The van der Waals surface area contributed by atoms with E-state index in [4.69, 9.17) is 9.84 Å². The summed E-state index contributed by atoms with van der Waals surface area (Å²) in [6.07, 6.45) is -0.0919. The number of aliphatic carboxylic acids is 1. The van der Waals surface area contributed by atoms with Crippen LogP contribution < -0.4 is 5.32 Å². The largest absolute Gasteiger partial charge is 0.479 e. The Kier molecular flexibility index (Phi) is 4.71. The van der Waals surface area contributed by atoms with Gasteiger partial charge in [0, 0.05) is 19.8 Å². The third-order valence-corrected chi connectivity index (χ3v) is 3.29. The first-order valence-corrected chi connectivity index (χ1v) is 6.78. The molecule has 2 atom stereocenters. The van der Waals surface area contributed by atoms with Gasteiger partial charge in [0.25, 0.3) is 11.8 Å². The molecule has 1 aromatic rings. The Balaban J connectivity index is 2.13. The van der Waals surface area contributed by atoms with Crippen LogP contribution in [-0.2, 0) is 9.53 Å². The summed E-state index contributed by atoms with van der Waals surface area (Å²) in [6.45, 7) is 2.00. The van der Waals surface area contributed by atoms with Crippen molar-refractivity contribution in [1.82, 2.24) is 15.2 Å². The van der Waals surface area contributed by atoms with E-state index in [2.05, 4.69) is 10.3 Å². The Labute approximate surface area is 127 Å². The maximum Gasteiger partial charge on any atom is 0.334 e. The molecule has 0 aliphatic carbocycles. The third kappa shape index (κ3) is 3.40. The van der Waals surface area contributed by atoms with Crippen molar-refractivity contribution in [2.45, 2.75) is 19.1 Å². The molecule has 1 aliphatic rings. The number of nitrogens with one attached hydrogen (secondary N) is 1. The lowest BCUT2D eigenvalue weighted by Crippen LogP contribution is -2.51. The molecule has 2 amide bonds. The van der Waals surface area contributed by atoms with Crippen LogP contribution >= 0.6 is 0 Å². The molecule has 1 saturated heterocycles. The number of ether oxygens (including phenoxy) is 1. The SMILES string of the molecule is CNC(=O)c1ccc(C(=O)N2CC(C(=O)O)O[C@H](C)C2)cn1. The molecule has 1 aliphatic heterocycles. The van der Waals surface area contributed by atoms with Crippen molar-refractivity contribution >= 4 is 17.8 Å². The molecule has 22 heavy (non-hydrogen) atoms. The number of carbonyl (C=O) groups is 3. The molecule has 1 fully saturated rings. The van der Waals surface area contributed by atoms with Crippen molar-refractivity contribution in [2.24, 2.45) is 0 Å². The van der Waals surface area contributed by atoms with Crippen molar-refractivity contribution in [2.75, 3.05) is 20.1 Å². The van der Waals surface area contributed by atoms with Crippen LogP contribution in [0.1, 0.15) is 27.8 Å². The maximum atomic E-state index is 12.4. The van der Waals surface area contributed by atoms with E-state index in [1.807, 2.05) is 0 Å². The van der Waals surface area contributed by atoms with Crippen molar-refractivity contribution in [3.8, 4) is 0 Å². The lowest BCUT2D eigenvalue weighted by molar-refractivity contribution is -0.160. The van der Waals surface area contributed by atoms with Gasteiger partial charge in [-0.05, 0) is 19.1 Å². The molecule has 118 valence electrons. The van der Waals surface area contributed by atoms with Gasteiger partial charge in [0.05, 0.1) is 18.2 Å². The van der Waals surface area contributed by atoms with E-state index in [1.165, 1.54) is 30.3 Å². The zero-order valence-corrected chi connectivity index (χ0v) is 12.3. The highest BCUT2D eigenvalue weighted by Gasteiger charge is 2.33. The number of nitrogens with zero attached hydrogens (tertiary/aromatic N) is 2. The van der Waals surface area contributed by atoms with E-state index in [0.717, 1.165) is 0 Å². The van der Waals surface area contributed by atoms with Gasteiger partial charge in [0.1, 0.15) is 5.69 Å². The number of carbonyl (C=O) groups excluding carboxylic acids is 2. The number of aromatic nitrogens is 1. The minimum atomic E-state index is -1.10. The van der Waals surface area contributed by atoms with Gasteiger partial charge < -0.3 is 20.1 Å². The smallest absolute Gasteiger partial charge is 0.334 e. The van der Waals surface area contributed by atoms with Gasteiger partial charge in [-0.3, -0.25) is 14.6 Å². The van der Waals surface area contributed by atoms with Gasteiger partial charge in [0.15, 0.2) is 6.10 Å². The first kappa shape index (κ1) is 15.9. The van der Waals surface area contributed by atoms with E-state index in [-0.39, 0.29) is 30.2 Å². The number of pyridine rings is 1. The lowest BCUT2D eigenvalue weighted by Gasteiger charge is -2.34. The number of carboxylic acids is 1. The number of rotatable bonds is 3. The summed E-state index contributed by atoms with van der Waals surface area (Å²) in [6, 6.07) is 2.94. The number of hydrogen-bond acceptors (Lipinski definition) is 5. The molecule has 1 aromatic heterocycles. The van der Waals surface area contributed by atoms with Gasteiger partial charge in [-0.2, -0.15) is 0 Å². The summed E-state index contributed by atoms with van der Waals surface area (Å²) in [4.78, 5) is 40.2. The zero-order valence-electron chi connectivity index (χ0n) is 12.3. The lowest BCUT2D eigenvalue weighted by atomic mass is 10.1. The second kappa shape index (κ2) is 6.52. The summed E-state index contributed by atoms with van der Waals surface area (Å²) in [5.41, 5.74) is 0.503. The van der Waals surface area contributed by atoms with Gasteiger partial charge in [-0.1, -0.05) is 0 Å². The quantitative estimate of drug-likeness (QED) is 0.797. The van der Waals surface area contributed by atoms with Crippen LogP contribution in [-0.4, -0.2) is 65.1 Å². The third-order valence-electron chi connectivity index (χ3n) is 3.29. The monoisotopic (exact) mass is 307 g/mol. The average Bonchev–Trinajstić information content (AvgIpc) is 2.53. The highest BCUT2D eigenvalue weighted by Crippen LogP contribution is 2.15. The molecule has 8 heteroatoms. The van der Waals surface area contributed by atoms with Crippen LogP contribution in [0.2, 0.25) is 0 Å². The molecule has 1 unspecified atom stereocenters. The number of morpholine rings is 1. The zero-order chi connectivity index (χ0) is 16.3. The predicted octanol–water partition coefficient (Wildman–Crippen LogP) is -0.245. The van der Waals surface area contributed by atoms with E-state index in [9.17, 15) is 14.4 Å². The molecule has 8 nitrogen and oxygen atoms in total. The highest BCUT2D eigenvalue weighted by atomic mass is 16.5. The fraction of sp³-hybridized carbons (Fsp3) is 0.429. The number of amides is 2. The van der Waals surface area contributed by atoms with Crippen molar-refractivity contribution < 1.29 is 24.2 Å². The van der Waals surface area contributed by atoms with Crippen molar-refractivity contribution in [3.05, 3.63) is 29.6 Å². The summed E-state index contributed by atoms with van der Waals surface area (Å²) in [5, 5.41) is 11.5. The molecule has 0 radical (unpaired) electrons. The second-order valence-electron chi connectivity index (χ2n) is 4.99. The van der Waals surface area contributed by atoms with Gasteiger partial charge in [0.2, 0.25) is 0 Å². The second-order valence-corrected chi connectivity index (χ2v) is 4.99. The average molecular weight is 307 g/mol. The fourth-order valence-corrected chi connectivity index (χ4v) is 2.22. The minimum Gasteiger partial charge on any atom is -0.479 e. The minimum absolute atomic E-state index is 0.0182. The summed E-state index contributed by atoms with van der Waals surface area (Å²) in [7, 11) is 1.49. The van der Waals surface area contributed by atoms with Crippen LogP contribution in [0.15, 0.2) is 18.3 Å². The Morgan fingerprint density at radius 1 is 1.36 bits per heavy atom. The Bertz CT molecular complexity index is 587. The van der Waals surface area contributed by atoms with Crippen molar-refractivity contribution in [1.29, 1.82) is 0 Å². The van der Waals surface area contributed by atoms with Crippen LogP contribution in [0.25, 0.3) is 0 Å². The number of hydrogen-bond donors (Lipinski definition) is 2. The number of carboxylic acid groups (broad SMARTS) is 1. The predicted molar refractivity (Wildman–Crippen MR) is 75.5 cm³/mol. The molecule has 0 saturated carbocycles. The summed E-state index contributed by atoms with van der Waals surface area (Å²) < 4.78 is 5.27. The first-order valence-electron chi connectivity index (χ1n) is 6.78. The van der Waals surface area contributed by atoms with E-state index >= 15 is 0 Å².